The third-order valence-corrected chi connectivity index (χ3v) is 3.14. The predicted molar refractivity (Wildman–Crippen MR) is 56.1 cm³/mol. The van der Waals surface area contributed by atoms with E-state index in [4.69, 9.17) is 5.73 Å². The van der Waals surface area contributed by atoms with Gasteiger partial charge in [-0.2, -0.15) is 0 Å². The van der Waals surface area contributed by atoms with Crippen LogP contribution in [0.3, 0.4) is 0 Å². The molecule has 15 heavy (non-hydrogen) atoms. The van der Waals surface area contributed by atoms with Gasteiger partial charge in [0.05, 0.1) is 17.2 Å². The minimum Gasteiger partial charge on any atom is -0.399 e. The maximum atomic E-state index is 10.4. The Hall–Kier alpha value is -1.43. The predicted octanol–water partition coefficient (Wildman–Crippen LogP) is -0.114. The van der Waals surface area contributed by atoms with E-state index >= 15 is 0 Å². The van der Waals surface area contributed by atoms with Crippen molar-refractivity contribution in [3.05, 3.63) is 22.0 Å². The molecule has 0 aromatic carbocycles. The van der Waals surface area contributed by atoms with Crippen LogP contribution in [0.15, 0.2) is 16.9 Å². The van der Waals surface area contributed by atoms with Gasteiger partial charge in [-0.3, -0.25) is 15.1 Å². The fourth-order valence-corrected chi connectivity index (χ4v) is 2.15. The SMILES string of the molecule is N/C=C(\C=NC1CC2(CNC2)C1)[N+](=O)[O-]. The molecule has 1 aliphatic heterocycles. The van der Waals surface area contributed by atoms with Crippen LogP contribution in [0.5, 0.6) is 0 Å². The maximum absolute atomic E-state index is 10.4. The summed E-state index contributed by atoms with van der Waals surface area (Å²) in [5.41, 5.74) is 5.42. The molecule has 6 heteroatoms. The van der Waals surface area contributed by atoms with E-state index in [1.54, 1.807) is 0 Å². The van der Waals surface area contributed by atoms with Gasteiger partial charge in [-0.25, -0.2) is 0 Å². The standard InChI is InChI=1S/C9H14N4O2/c10-3-8(13(14)15)4-12-7-1-9(2-7)5-11-6-9/h3-4,7,11H,1-2,5-6,10H2/b8-3+,12-4?. The van der Waals surface area contributed by atoms with Gasteiger partial charge < -0.3 is 11.1 Å². The minimum absolute atomic E-state index is 0.136. The first kappa shape index (κ1) is 10.1. The van der Waals surface area contributed by atoms with Gasteiger partial charge in [-0.15, -0.1) is 0 Å². The summed E-state index contributed by atoms with van der Waals surface area (Å²) in [6, 6.07) is 0.238. The minimum atomic E-state index is -0.525. The van der Waals surface area contributed by atoms with Crippen molar-refractivity contribution in [3.63, 3.8) is 0 Å². The van der Waals surface area contributed by atoms with Gasteiger partial charge in [0.25, 0.3) is 0 Å². The molecule has 0 unspecified atom stereocenters. The molecule has 0 aromatic rings. The number of nitrogens with zero attached hydrogens (tertiary/aromatic N) is 2. The highest BCUT2D eigenvalue weighted by molar-refractivity contribution is 5.75. The van der Waals surface area contributed by atoms with Crippen molar-refractivity contribution < 1.29 is 4.92 Å². The summed E-state index contributed by atoms with van der Waals surface area (Å²) in [5, 5.41) is 13.6. The van der Waals surface area contributed by atoms with Crippen molar-refractivity contribution in [1.29, 1.82) is 0 Å². The van der Waals surface area contributed by atoms with Crippen LogP contribution in [0.4, 0.5) is 0 Å². The number of rotatable bonds is 3. The Labute approximate surface area is 87.4 Å². The van der Waals surface area contributed by atoms with E-state index in [2.05, 4.69) is 10.3 Å². The zero-order valence-corrected chi connectivity index (χ0v) is 8.35. The van der Waals surface area contributed by atoms with Crippen molar-refractivity contribution in [2.24, 2.45) is 16.1 Å². The molecule has 2 fully saturated rings. The van der Waals surface area contributed by atoms with Gasteiger partial charge in [0.15, 0.2) is 0 Å². The zero-order valence-electron chi connectivity index (χ0n) is 8.35. The highest BCUT2D eigenvalue weighted by Gasteiger charge is 2.48. The number of aliphatic imine (C=N–C) groups is 1. The lowest BCUT2D eigenvalue weighted by molar-refractivity contribution is -0.414. The molecule has 1 saturated heterocycles. The molecule has 2 rings (SSSR count). The molecule has 1 saturated carbocycles. The van der Waals surface area contributed by atoms with E-state index in [-0.39, 0.29) is 11.7 Å². The van der Waals surface area contributed by atoms with Crippen molar-refractivity contribution in [3.8, 4) is 0 Å². The highest BCUT2D eigenvalue weighted by atomic mass is 16.6. The number of nitrogens with two attached hydrogens (primary N) is 1. The lowest BCUT2D eigenvalue weighted by Crippen LogP contribution is -2.61. The Morgan fingerprint density at radius 2 is 2.27 bits per heavy atom. The summed E-state index contributed by atoms with van der Waals surface area (Å²) < 4.78 is 0. The van der Waals surface area contributed by atoms with E-state index in [9.17, 15) is 10.1 Å². The first-order chi connectivity index (χ1) is 7.15. The van der Waals surface area contributed by atoms with Crippen LogP contribution < -0.4 is 11.1 Å². The van der Waals surface area contributed by atoms with Crippen LogP contribution in [0.1, 0.15) is 12.8 Å². The molecule has 0 aromatic heterocycles. The van der Waals surface area contributed by atoms with E-state index < -0.39 is 4.92 Å². The van der Waals surface area contributed by atoms with Gasteiger partial charge in [0.2, 0.25) is 0 Å². The molecule has 2 aliphatic rings. The molecule has 82 valence electrons. The van der Waals surface area contributed by atoms with Gasteiger partial charge in [0.1, 0.15) is 6.21 Å². The Kier molecular flexibility index (Phi) is 2.44. The summed E-state index contributed by atoms with van der Waals surface area (Å²) in [5.74, 6) is 0. The summed E-state index contributed by atoms with van der Waals surface area (Å²) in [6.07, 6.45) is 4.31. The fraction of sp³-hybridized carbons (Fsp3) is 0.667. The molecule has 3 N–H and O–H groups in total. The smallest absolute Gasteiger partial charge is 0.302 e. The molecular formula is C9H14N4O2. The number of hydrogen-bond donors (Lipinski definition) is 2. The normalized spacial score (nSPS) is 25.2. The highest BCUT2D eigenvalue weighted by Crippen LogP contribution is 2.45. The topological polar surface area (TPSA) is 93.5 Å². The zero-order chi connectivity index (χ0) is 10.9. The third kappa shape index (κ3) is 1.85. The van der Waals surface area contributed by atoms with Gasteiger partial charge in [-0.05, 0) is 18.3 Å². The van der Waals surface area contributed by atoms with Crippen LogP contribution in [0.2, 0.25) is 0 Å². The summed E-state index contributed by atoms with van der Waals surface area (Å²) in [4.78, 5) is 14.0. The van der Waals surface area contributed by atoms with Crippen molar-refractivity contribution >= 4 is 6.21 Å². The first-order valence-corrected chi connectivity index (χ1v) is 4.95. The second kappa shape index (κ2) is 3.62. The number of allylic oxidation sites excluding steroid dienone is 1. The molecule has 0 atom stereocenters. The molecule has 0 bridgehead atoms. The largest absolute Gasteiger partial charge is 0.399 e. The number of hydrogen-bond acceptors (Lipinski definition) is 5. The van der Waals surface area contributed by atoms with Gasteiger partial charge in [-0.1, -0.05) is 0 Å². The van der Waals surface area contributed by atoms with Crippen molar-refractivity contribution in [2.45, 2.75) is 18.9 Å². The van der Waals surface area contributed by atoms with Crippen molar-refractivity contribution in [1.82, 2.24) is 5.32 Å². The molecule has 1 spiro atoms. The second-order valence-corrected chi connectivity index (χ2v) is 4.29. The lowest BCUT2D eigenvalue weighted by Gasteiger charge is -2.53. The molecule has 6 nitrogen and oxygen atoms in total. The van der Waals surface area contributed by atoms with E-state index in [0.29, 0.717) is 5.41 Å². The molecule has 0 amide bonds. The maximum Gasteiger partial charge on any atom is 0.302 e. The van der Waals surface area contributed by atoms with Gasteiger partial charge in [0, 0.05) is 13.1 Å². The summed E-state index contributed by atoms with van der Waals surface area (Å²) >= 11 is 0. The second-order valence-electron chi connectivity index (χ2n) is 4.29. The van der Waals surface area contributed by atoms with Crippen LogP contribution >= 0.6 is 0 Å². The van der Waals surface area contributed by atoms with Crippen LogP contribution in [-0.4, -0.2) is 30.3 Å². The van der Waals surface area contributed by atoms with E-state index in [0.717, 1.165) is 32.1 Å². The molecule has 1 heterocycles. The number of nitrogens with one attached hydrogen (secondary N) is 1. The van der Waals surface area contributed by atoms with E-state index in [1.807, 2.05) is 0 Å². The Balaban J connectivity index is 1.83. The Morgan fingerprint density at radius 3 is 2.67 bits per heavy atom. The van der Waals surface area contributed by atoms with Gasteiger partial charge >= 0.3 is 5.70 Å². The molecule has 0 radical (unpaired) electrons. The first-order valence-electron chi connectivity index (χ1n) is 4.95. The van der Waals surface area contributed by atoms with E-state index in [1.165, 1.54) is 6.21 Å². The summed E-state index contributed by atoms with van der Waals surface area (Å²) in [7, 11) is 0. The average molecular weight is 210 g/mol. The monoisotopic (exact) mass is 210 g/mol. The fourth-order valence-electron chi connectivity index (χ4n) is 2.15. The van der Waals surface area contributed by atoms with Crippen LogP contribution in [0, 0.1) is 15.5 Å². The Morgan fingerprint density at radius 1 is 1.60 bits per heavy atom. The number of nitro groups is 1. The summed E-state index contributed by atoms with van der Waals surface area (Å²) in [6.45, 7) is 2.13. The molecular weight excluding hydrogens is 196 g/mol. The van der Waals surface area contributed by atoms with Crippen LogP contribution in [-0.2, 0) is 0 Å². The average Bonchev–Trinajstić information content (AvgIpc) is 2.05. The Bertz CT molecular complexity index is 325. The molecule has 1 aliphatic carbocycles. The van der Waals surface area contributed by atoms with Crippen molar-refractivity contribution in [2.75, 3.05) is 13.1 Å². The lowest BCUT2D eigenvalue weighted by atomic mass is 9.62. The van der Waals surface area contributed by atoms with Crippen LogP contribution in [0.25, 0.3) is 0 Å². The quantitative estimate of drug-likeness (QED) is 0.386. The third-order valence-electron chi connectivity index (χ3n) is 3.14.